The predicted octanol–water partition coefficient (Wildman–Crippen LogP) is 4.14. The summed E-state index contributed by atoms with van der Waals surface area (Å²) in [4.78, 5) is 24.2. The highest BCUT2D eigenvalue weighted by Crippen LogP contribution is 2.45. The van der Waals surface area contributed by atoms with Gasteiger partial charge < -0.3 is 15.4 Å². The van der Waals surface area contributed by atoms with Gasteiger partial charge in [0.15, 0.2) is 6.10 Å². The minimum atomic E-state index is -0.516. The van der Waals surface area contributed by atoms with E-state index in [1.807, 2.05) is 47.8 Å². The standard InChI is InChI=1S/C19H18N2O3S2/c1-11-17(22)21-15-10-14(6-7-16(15)24-11)20-18(23)12-2-4-13(5-3-12)19-25-8-9-26-19/h2-7,10-11,19H,8-9H2,1H3,(H,20,23)(H,21,22)/t11-/m1/s1. The molecule has 0 bridgehead atoms. The lowest BCUT2D eigenvalue weighted by molar-refractivity contribution is -0.122. The summed E-state index contributed by atoms with van der Waals surface area (Å²) in [5.74, 6) is 2.58. The third-order valence-corrected chi connectivity index (χ3v) is 7.34. The van der Waals surface area contributed by atoms with Crippen molar-refractivity contribution in [2.75, 3.05) is 22.1 Å². The fourth-order valence-electron chi connectivity index (χ4n) is 2.83. The molecular formula is C19H18N2O3S2. The molecule has 0 aromatic heterocycles. The second kappa shape index (κ2) is 7.25. The third kappa shape index (κ3) is 3.54. The van der Waals surface area contributed by atoms with Crippen LogP contribution in [0.5, 0.6) is 5.75 Å². The summed E-state index contributed by atoms with van der Waals surface area (Å²) in [5.41, 5.74) is 3.03. The first-order chi connectivity index (χ1) is 12.6. The molecule has 2 aliphatic heterocycles. The summed E-state index contributed by atoms with van der Waals surface area (Å²) in [6.07, 6.45) is -0.516. The molecule has 2 aromatic carbocycles. The zero-order chi connectivity index (χ0) is 18.1. The van der Waals surface area contributed by atoms with E-state index in [-0.39, 0.29) is 11.8 Å². The van der Waals surface area contributed by atoms with Crippen molar-refractivity contribution in [3.63, 3.8) is 0 Å². The van der Waals surface area contributed by atoms with Crippen LogP contribution in [0.4, 0.5) is 11.4 Å². The lowest BCUT2D eigenvalue weighted by Gasteiger charge is -2.23. The Morgan fingerprint density at radius 1 is 1.15 bits per heavy atom. The summed E-state index contributed by atoms with van der Waals surface area (Å²) in [7, 11) is 0. The monoisotopic (exact) mass is 386 g/mol. The zero-order valence-corrected chi connectivity index (χ0v) is 15.8. The maximum Gasteiger partial charge on any atom is 0.265 e. The molecular weight excluding hydrogens is 368 g/mol. The van der Waals surface area contributed by atoms with Crippen LogP contribution in [0, 0.1) is 0 Å². The van der Waals surface area contributed by atoms with Crippen LogP contribution in [0.25, 0.3) is 0 Å². The normalized spacial score (nSPS) is 19.4. The number of ether oxygens (including phenoxy) is 1. The van der Waals surface area contributed by atoms with Gasteiger partial charge in [-0.3, -0.25) is 9.59 Å². The van der Waals surface area contributed by atoms with Crippen LogP contribution in [0.15, 0.2) is 42.5 Å². The molecule has 0 spiro atoms. The lowest BCUT2D eigenvalue weighted by atomic mass is 10.1. The number of hydrogen-bond acceptors (Lipinski definition) is 5. The van der Waals surface area contributed by atoms with Crippen molar-refractivity contribution < 1.29 is 14.3 Å². The molecule has 2 aliphatic rings. The van der Waals surface area contributed by atoms with Gasteiger partial charge in [0.1, 0.15) is 5.75 Å². The van der Waals surface area contributed by atoms with Crippen molar-refractivity contribution in [1.29, 1.82) is 0 Å². The van der Waals surface area contributed by atoms with E-state index >= 15 is 0 Å². The molecule has 0 radical (unpaired) electrons. The maximum atomic E-state index is 12.5. The molecule has 26 heavy (non-hydrogen) atoms. The molecule has 0 aliphatic carbocycles. The Balaban J connectivity index is 1.46. The first-order valence-corrected chi connectivity index (χ1v) is 10.5. The average Bonchev–Trinajstić information content (AvgIpc) is 3.18. The molecule has 134 valence electrons. The maximum absolute atomic E-state index is 12.5. The summed E-state index contributed by atoms with van der Waals surface area (Å²) in [6.45, 7) is 1.69. The SMILES string of the molecule is C[C@H]1Oc2ccc(NC(=O)c3ccc(C4SCCS4)cc3)cc2NC1=O. The third-order valence-electron chi connectivity index (χ3n) is 4.24. The van der Waals surface area contributed by atoms with Crippen molar-refractivity contribution in [3.8, 4) is 5.75 Å². The van der Waals surface area contributed by atoms with Crippen LogP contribution >= 0.6 is 23.5 Å². The molecule has 4 rings (SSSR count). The Labute approximate surface area is 160 Å². The first kappa shape index (κ1) is 17.3. The largest absolute Gasteiger partial charge is 0.479 e. The molecule has 1 atom stereocenters. The topological polar surface area (TPSA) is 67.4 Å². The predicted molar refractivity (Wildman–Crippen MR) is 107 cm³/mol. The van der Waals surface area contributed by atoms with E-state index < -0.39 is 6.10 Å². The molecule has 1 saturated heterocycles. The fraction of sp³-hybridized carbons (Fsp3) is 0.263. The minimum Gasteiger partial charge on any atom is -0.479 e. The van der Waals surface area contributed by atoms with Gasteiger partial charge in [-0.15, -0.1) is 23.5 Å². The Morgan fingerprint density at radius 3 is 2.62 bits per heavy atom. The molecule has 2 heterocycles. The highest BCUT2D eigenvalue weighted by Gasteiger charge is 2.24. The number of rotatable bonds is 3. The van der Waals surface area contributed by atoms with Crippen molar-refractivity contribution in [2.24, 2.45) is 0 Å². The van der Waals surface area contributed by atoms with E-state index in [4.69, 9.17) is 4.74 Å². The van der Waals surface area contributed by atoms with Crippen LogP contribution < -0.4 is 15.4 Å². The van der Waals surface area contributed by atoms with E-state index in [0.29, 0.717) is 27.3 Å². The van der Waals surface area contributed by atoms with Gasteiger partial charge in [-0.2, -0.15) is 0 Å². The summed E-state index contributed by atoms with van der Waals surface area (Å²) in [5, 5.41) is 5.65. The molecule has 0 saturated carbocycles. The molecule has 2 aromatic rings. The number of fused-ring (bicyclic) bond motifs is 1. The van der Waals surface area contributed by atoms with Crippen molar-refractivity contribution in [3.05, 3.63) is 53.6 Å². The van der Waals surface area contributed by atoms with E-state index in [2.05, 4.69) is 10.6 Å². The van der Waals surface area contributed by atoms with E-state index in [1.54, 1.807) is 25.1 Å². The van der Waals surface area contributed by atoms with Crippen LogP contribution in [0.2, 0.25) is 0 Å². The molecule has 1 fully saturated rings. The number of carbonyl (C=O) groups is 2. The zero-order valence-electron chi connectivity index (χ0n) is 14.2. The average molecular weight is 386 g/mol. The Bertz CT molecular complexity index is 848. The number of hydrogen-bond donors (Lipinski definition) is 2. The smallest absolute Gasteiger partial charge is 0.265 e. The van der Waals surface area contributed by atoms with Gasteiger partial charge in [-0.25, -0.2) is 0 Å². The van der Waals surface area contributed by atoms with Crippen molar-refractivity contribution in [2.45, 2.75) is 17.6 Å². The highest BCUT2D eigenvalue weighted by molar-refractivity contribution is 8.19. The summed E-state index contributed by atoms with van der Waals surface area (Å²) in [6, 6.07) is 13.0. The van der Waals surface area contributed by atoms with Crippen LogP contribution in [-0.4, -0.2) is 29.4 Å². The summed E-state index contributed by atoms with van der Waals surface area (Å²) < 4.78 is 5.99. The Kier molecular flexibility index (Phi) is 4.82. The lowest BCUT2D eigenvalue weighted by Crippen LogP contribution is -2.34. The van der Waals surface area contributed by atoms with Gasteiger partial charge in [-0.1, -0.05) is 12.1 Å². The van der Waals surface area contributed by atoms with Gasteiger partial charge in [0.25, 0.3) is 11.8 Å². The molecule has 5 nitrogen and oxygen atoms in total. The van der Waals surface area contributed by atoms with Gasteiger partial charge in [0, 0.05) is 22.8 Å². The van der Waals surface area contributed by atoms with E-state index in [1.165, 1.54) is 17.1 Å². The second-order valence-electron chi connectivity index (χ2n) is 6.11. The number of benzene rings is 2. The number of anilines is 2. The quantitative estimate of drug-likeness (QED) is 0.830. The molecule has 2 amide bonds. The first-order valence-electron chi connectivity index (χ1n) is 8.36. The van der Waals surface area contributed by atoms with Gasteiger partial charge in [0.2, 0.25) is 0 Å². The number of thioether (sulfide) groups is 2. The second-order valence-corrected chi connectivity index (χ2v) is 8.83. The Hall–Kier alpha value is -2.12. The van der Waals surface area contributed by atoms with Crippen LogP contribution in [0.3, 0.4) is 0 Å². The summed E-state index contributed by atoms with van der Waals surface area (Å²) >= 11 is 3.88. The van der Waals surface area contributed by atoms with Gasteiger partial charge in [0.05, 0.1) is 10.3 Å². The van der Waals surface area contributed by atoms with E-state index in [0.717, 1.165) is 0 Å². The molecule has 7 heteroatoms. The highest BCUT2D eigenvalue weighted by atomic mass is 32.2. The van der Waals surface area contributed by atoms with E-state index in [9.17, 15) is 9.59 Å². The fourth-order valence-corrected chi connectivity index (χ4v) is 5.69. The van der Waals surface area contributed by atoms with Crippen molar-refractivity contribution in [1.82, 2.24) is 0 Å². The molecule has 0 unspecified atom stereocenters. The number of carbonyl (C=O) groups excluding carboxylic acids is 2. The number of nitrogens with one attached hydrogen (secondary N) is 2. The van der Waals surface area contributed by atoms with Crippen molar-refractivity contribution >= 4 is 46.7 Å². The molecule has 2 N–H and O–H groups in total. The van der Waals surface area contributed by atoms with Gasteiger partial charge in [-0.05, 0) is 42.8 Å². The van der Waals surface area contributed by atoms with Crippen LogP contribution in [0.1, 0.15) is 27.4 Å². The Morgan fingerprint density at radius 2 is 1.88 bits per heavy atom. The van der Waals surface area contributed by atoms with Crippen LogP contribution in [-0.2, 0) is 4.79 Å². The van der Waals surface area contributed by atoms with Gasteiger partial charge >= 0.3 is 0 Å². The minimum absolute atomic E-state index is 0.181. The number of amides is 2.